The van der Waals surface area contributed by atoms with Gasteiger partial charge >= 0.3 is 0 Å². The van der Waals surface area contributed by atoms with Gasteiger partial charge in [-0.1, -0.05) is 17.7 Å². The monoisotopic (exact) mass is 275 g/mol. The first-order chi connectivity index (χ1) is 9.08. The first-order valence-electron chi connectivity index (χ1n) is 5.39. The maximum atomic E-state index is 11.9. The van der Waals surface area contributed by atoms with E-state index in [0.29, 0.717) is 5.02 Å². The Hall–Kier alpha value is -2.40. The van der Waals surface area contributed by atoms with Crippen LogP contribution in [0.2, 0.25) is 5.02 Å². The number of nitrogens with one attached hydrogen (secondary N) is 1. The number of benzene rings is 1. The van der Waals surface area contributed by atoms with E-state index >= 15 is 0 Å². The number of anilines is 1. The number of hydrogen-bond donors (Lipinski definition) is 2. The van der Waals surface area contributed by atoms with Crippen LogP contribution in [0.3, 0.4) is 0 Å². The molecule has 0 saturated carbocycles. The minimum atomic E-state index is -0.645. The largest absolute Gasteiger partial charge is 0.366 e. The molecule has 0 fully saturated rings. The molecular formula is C13H10ClN3O2. The number of nitrogens with two attached hydrogens (primary N) is 1. The standard InChI is InChI=1S/C13H10ClN3O2/c14-8-4-5-9(12(15)18)11(7-8)17-13(19)10-3-1-2-6-16-10/h1-7H,(H2,15,18)(H,17,19). The van der Waals surface area contributed by atoms with Crippen LogP contribution in [-0.2, 0) is 0 Å². The van der Waals surface area contributed by atoms with Gasteiger partial charge in [0.05, 0.1) is 11.3 Å². The molecule has 0 radical (unpaired) electrons. The highest BCUT2D eigenvalue weighted by Crippen LogP contribution is 2.21. The fourth-order valence-electron chi connectivity index (χ4n) is 1.52. The van der Waals surface area contributed by atoms with Crippen molar-refractivity contribution >= 4 is 29.1 Å². The Bertz CT molecular complexity index is 629. The molecule has 1 aromatic heterocycles. The number of pyridine rings is 1. The molecule has 1 aromatic carbocycles. The smallest absolute Gasteiger partial charge is 0.274 e. The summed E-state index contributed by atoms with van der Waals surface area (Å²) in [5, 5.41) is 2.95. The van der Waals surface area contributed by atoms with E-state index in [2.05, 4.69) is 10.3 Å². The van der Waals surface area contributed by atoms with Gasteiger partial charge in [0.25, 0.3) is 11.8 Å². The van der Waals surface area contributed by atoms with Crippen molar-refractivity contribution in [2.24, 2.45) is 5.73 Å². The predicted octanol–water partition coefficient (Wildman–Crippen LogP) is 2.09. The third-order valence-electron chi connectivity index (χ3n) is 2.39. The fraction of sp³-hybridized carbons (Fsp3) is 0. The first-order valence-corrected chi connectivity index (χ1v) is 5.77. The number of hydrogen-bond acceptors (Lipinski definition) is 3. The third-order valence-corrected chi connectivity index (χ3v) is 2.63. The molecule has 2 aromatic rings. The second kappa shape index (κ2) is 5.49. The van der Waals surface area contributed by atoms with E-state index in [1.165, 1.54) is 24.4 Å². The highest BCUT2D eigenvalue weighted by molar-refractivity contribution is 6.31. The second-order valence-corrected chi connectivity index (χ2v) is 4.16. The number of halogens is 1. The molecule has 2 rings (SSSR count). The average molecular weight is 276 g/mol. The second-order valence-electron chi connectivity index (χ2n) is 3.72. The zero-order chi connectivity index (χ0) is 13.8. The Kier molecular flexibility index (Phi) is 3.77. The lowest BCUT2D eigenvalue weighted by atomic mass is 10.1. The Morgan fingerprint density at radius 2 is 2.00 bits per heavy atom. The average Bonchev–Trinajstić information content (AvgIpc) is 2.39. The molecule has 1 heterocycles. The number of carbonyl (C=O) groups excluding carboxylic acids is 2. The van der Waals surface area contributed by atoms with Gasteiger partial charge in [-0.2, -0.15) is 0 Å². The van der Waals surface area contributed by atoms with E-state index in [0.717, 1.165) is 0 Å². The molecular weight excluding hydrogens is 266 g/mol. The van der Waals surface area contributed by atoms with Gasteiger partial charge in [-0.15, -0.1) is 0 Å². The lowest BCUT2D eigenvalue weighted by Crippen LogP contribution is -2.18. The molecule has 5 nitrogen and oxygen atoms in total. The van der Waals surface area contributed by atoms with Gasteiger partial charge in [-0.3, -0.25) is 14.6 Å². The van der Waals surface area contributed by atoms with Crippen molar-refractivity contribution in [1.29, 1.82) is 0 Å². The third kappa shape index (κ3) is 3.08. The van der Waals surface area contributed by atoms with E-state index in [1.807, 2.05) is 0 Å². The van der Waals surface area contributed by atoms with Crippen molar-refractivity contribution in [1.82, 2.24) is 4.98 Å². The maximum Gasteiger partial charge on any atom is 0.274 e. The van der Waals surface area contributed by atoms with E-state index in [4.69, 9.17) is 17.3 Å². The predicted molar refractivity (Wildman–Crippen MR) is 72.2 cm³/mol. The van der Waals surface area contributed by atoms with Gasteiger partial charge in [0.2, 0.25) is 0 Å². The van der Waals surface area contributed by atoms with Crippen molar-refractivity contribution in [2.75, 3.05) is 5.32 Å². The summed E-state index contributed by atoms with van der Waals surface area (Å²) in [7, 11) is 0. The number of primary amides is 1. The van der Waals surface area contributed by atoms with Gasteiger partial charge in [0, 0.05) is 11.2 Å². The lowest BCUT2D eigenvalue weighted by Gasteiger charge is -2.09. The van der Waals surface area contributed by atoms with Gasteiger partial charge < -0.3 is 11.1 Å². The van der Waals surface area contributed by atoms with Crippen molar-refractivity contribution in [3.8, 4) is 0 Å². The van der Waals surface area contributed by atoms with Crippen LogP contribution in [-0.4, -0.2) is 16.8 Å². The van der Waals surface area contributed by atoms with E-state index in [9.17, 15) is 9.59 Å². The zero-order valence-electron chi connectivity index (χ0n) is 9.76. The van der Waals surface area contributed by atoms with Gasteiger partial charge in [0.1, 0.15) is 5.69 Å². The minimum absolute atomic E-state index is 0.189. The quantitative estimate of drug-likeness (QED) is 0.899. The topological polar surface area (TPSA) is 85.1 Å². The summed E-state index contributed by atoms with van der Waals surface area (Å²) >= 11 is 5.83. The fourth-order valence-corrected chi connectivity index (χ4v) is 1.69. The van der Waals surface area contributed by atoms with Crippen LogP contribution >= 0.6 is 11.6 Å². The number of aromatic nitrogens is 1. The van der Waals surface area contributed by atoms with Crippen LogP contribution in [0.25, 0.3) is 0 Å². The van der Waals surface area contributed by atoms with E-state index < -0.39 is 11.8 Å². The Morgan fingerprint density at radius 3 is 2.63 bits per heavy atom. The first kappa shape index (κ1) is 13.0. The van der Waals surface area contributed by atoms with Crippen molar-refractivity contribution in [3.05, 3.63) is 58.9 Å². The molecule has 6 heteroatoms. The highest BCUT2D eigenvalue weighted by atomic mass is 35.5. The Balaban J connectivity index is 2.31. The summed E-state index contributed by atoms with van der Waals surface area (Å²) < 4.78 is 0. The van der Waals surface area contributed by atoms with Crippen molar-refractivity contribution in [3.63, 3.8) is 0 Å². The van der Waals surface area contributed by atoms with E-state index in [1.54, 1.807) is 18.2 Å². The molecule has 0 unspecified atom stereocenters. The number of rotatable bonds is 3. The summed E-state index contributed by atoms with van der Waals surface area (Å²) in [6, 6.07) is 9.39. The minimum Gasteiger partial charge on any atom is -0.366 e. The molecule has 0 aliphatic rings. The summed E-state index contributed by atoms with van der Waals surface area (Å²) in [4.78, 5) is 27.1. The summed E-state index contributed by atoms with van der Waals surface area (Å²) in [6.07, 6.45) is 1.50. The summed E-state index contributed by atoms with van der Waals surface area (Å²) in [5.74, 6) is -1.08. The SMILES string of the molecule is NC(=O)c1ccc(Cl)cc1NC(=O)c1ccccn1. The summed E-state index contributed by atoms with van der Waals surface area (Å²) in [5.41, 5.74) is 5.91. The van der Waals surface area contributed by atoms with Crippen LogP contribution in [0.4, 0.5) is 5.69 Å². The highest BCUT2D eigenvalue weighted by Gasteiger charge is 2.13. The van der Waals surface area contributed by atoms with Crippen LogP contribution in [0.15, 0.2) is 42.6 Å². The summed E-state index contributed by atoms with van der Waals surface area (Å²) in [6.45, 7) is 0. The van der Waals surface area contributed by atoms with Crippen LogP contribution < -0.4 is 11.1 Å². The molecule has 19 heavy (non-hydrogen) atoms. The molecule has 0 atom stereocenters. The molecule has 96 valence electrons. The molecule has 0 aliphatic carbocycles. The molecule has 2 amide bonds. The van der Waals surface area contributed by atoms with E-state index in [-0.39, 0.29) is 16.9 Å². The molecule has 0 spiro atoms. The number of amides is 2. The van der Waals surface area contributed by atoms with Crippen molar-refractivity contribution in [2.45, 2.75) is 0 Å². The molecule has 3 N–H and O–H groups in total. The number of nitrogens with zero attached hydrogens (tertiary/aromatic N) is 1. The van der Waals surface area contributed by atoms with Gasteiger partial charge in [-0.25, -0.2) is 0 Å². The Labute approximate surface area is 114 Å². The normalized spacial score (nSPS) is 9.95. The number of carbonyl (C=O) groups is 2. The van der Waals surface area contributed by atoms with Gasteiger partial charge in [0.15, 0.2) is 0 Å². The van der Waals surface area contributed by atoms with Crippen LogP contribution in [0.1, 0.15) is 20.8 Å². The van der Waals surface area contributed by atoms with Crippen LogP contribution in [0, 0.1) is 0 Å². The Morgan fingerprint density at radius 1 is 1.21 bits per heavy atom. The molecule has 0 bridgehead atoms. The van der Waals surface area contributed by atoms with Crippen LogP contribution in [0.5, 0.6) is 0 Å². The maximum absolute atomic E-state index is 11.9. The zero-order valence-corrected chi connectivity index (χ0v) is 10.5. The van der Waals surface area contributed by atoms with Gasteiger partial charge in [-0.05, 0) is 30.3 Å². The van der Waals surface area contributed by atoms with Crippen molar-refractivity contribution < 1.29 is 9.59 Å². The lowest BCUT2D eigenvalue weighted by molar-refractivity contribution is 0.100. The molecule has 0 saturated heterocycles. The molecule has 0 aliphatic heterocycles.